The van der Waals surface area contributed by atoms with Crippen molar-refractivity contribution in [3.05, 3.63) is 71.3 Å². The first-order valence-electron chi connectivity index (χ1n) is 11.5. The van der Waals surface area contributed by atoms with Gasteiger partial charge in [0.05, 0.1) is 71.5 Å². The molecule has 1 aromatic carbocycles. The maximum Gasteiger partial charge on any atom is 0.259 e. The molecule has 4 rings (SSSR count). The van der Waals surface area contributed by atoms with E-state index in [-0.39, 0.29) is 18.6 Å². The van der Waals surface area contributed by atoms with Gasteiger partial charge in [0.15, 0.2) is 0 Å². The van der Waals surface area contributed by atoms with Gasteiger partial charge >= 0.3 is 0 Å². The molecule has 1 aliphatic rings. The minimum absolute atomic E-state index is 0.000889. The molecule has 3 aromatic rings. The van der Waals surface area contributed by atoms with Crippen LogP contribution in [0.3, 0.4) is 0 Å². The molecule has 2 heterocycles. The fourth-order valence-electron chi connectivity index (χ4n) is 4.42. The Morgan fingerprint density at radius 3 is 2.56 bits per heavy atom. The summed E-state index contributed by atoms with van der Waals surface area (Å²) in [6.07, 6.45) is 6.02. The highest BCUT2D eigenvalue weighted by Gasteiger charge is 2.38. The zero-order chi connectivity index (χ0) is 24.1. The summed E-state index contributed by atoms with van der Waals surface area (Å²) in [5.74, 6) is -0.262. The predicted octanol–water partition coefficient (Wildman–Crippen LogP) is 3.85. The number of pyridine rings is 1. The number of aliphatic hydroxyl groups excluding tert-OH is 1. The van der Waals surface area contributed by atoms with Crippen molar-refractivity contribution < 1.29 is 14.6 Å². The van der Waals surface area contributed by atoms with Crippen LogP contribution in [0.1, 0.15) is 53.0 Å². The van der Waals surface area contributed by atoms with E-state index in [4.69, 9.17) is 9.84 Å². The summed E-state index contributed by atoms with van der Waals surface area (Å²) in [6, 6.07) is 14.0. The summed E-state index contributed by atoms with van der Waals surface area (Å²) >= 11 is 0. The first-order chi connectivity index (χ1) is 16.5. The van der Waals surface area contributed by atoms with E-state index in [0.29, 0.717) is 36.4 Å². The molecule has 176 valence electrons. The van der Waals surface area contributed by atoms with E-state index in [9.17, 15) is 10.1 Å². The number of nitrogens with zero attached hydrogens (tertiary/aromatic N) is 4. The lowest BCUT2D eigenvalue weighted by Crippen LogP contribution is -2.34. The molecule has 0 unspecified atom stereocenters. The third-order valence-corrected chi connectivity index (χ3v) is 6.49. The van der Waals surface area contributed by atoms with Crippen LogP contribution in [0.25, 0.3) is 5.69 Å². The van der Waals surface area contributed by atoms with Crippen molar-refractivity contribution in [2.45, 2.75) is 51.0 Å². The van der Waals surface area contributed by atoms with Crippen molar-refractivity contribution in [3.63, 3.8) is 0 Å². The molecule has 0 bridgehead atoms. The van der Waals surface area contributed by atoms with Gasteiger partial charge in [0, 0.05) is 0 Å². The van der Waals surface area contributed by atoms with Crippen molar-refractivity contribution in [3.8, 4) is 11.8 Å². The molecule has 2 aromatic heterocycles. The molecule has 34 heavy (non-hydrogen) atoms. The van der Waals surface area contributed by atoms with Crippen LogP contribution in [0.4, 0.5) is 5.69 Å². The van der Waals surface area contributed by atoms with Crippen LogP contribution in [0, 0.1) is 25.2 Å². The Hall–Kier alpha value is -3.54. The topological polar surface area (TPSA) is 113 Å². The number of hydrogen-bond acceptors (Lipinski definition) is 6. The van der Waals surface area contributed by atoms with E-state index < -0.39 is 5.41 Å². The second-order valence-electron chi connectivity index (χ2n) is 8.76. The number of benzene rings is 1. The molecule has 8 nitrogen and oxygen atoms in total. The Morgan fingerprint density at radius 2 is 1.94 bits per heavy atom. The molecule has 1 saturated carbocycles. The number of anilines is 1. The van der Waals surface area contributed by atoms with E-state index >= 15 is 0 Å². The lowest BCUT2D eigenvalue weighted by atomic mass is 9.72. The molecular formula is C26H29N5O3. The molecule has 8 heteroatoms. The smallest absolute Gasteiger partial charge is 0.259 e. The van der Waals surface area contributed by atoms with Gasteiger partial charge in [-0.1, -0.05) is 17.7 Å². The Balaban J connectivity index is 1.43. The van der Waals surface area contributed by atoms with Crippen molar-refractivity contribution >= 4 is 11.6 Å². The number of aliphatic hydroxyl groups is 1. The molecule has 0 radical (unpaired) electrons. The molecule has 0 aliphatic heterocycles. The van der Waals surface area contributed by atoms with Gasteiger partial charge in [-0.05, 0) is 63.8 Å². The number of carbonyl (C=O) groups is 1. The SMILES string of the molecule is Cc1ccc(-n2ncc(C(=O)Nc3ccc(C4(C#N)CCC(OCCO)CC4)nc3)c2C)cc1. The lowest BCUT2D eigenvalue weighted by Gasteiger charge is -2.34. The molecule has 0 spiro atoms. The van der Waals surface area contributed by atoms with Crippen molar-refractivity contribution in [1.29, 1.82) is 5.26 Å². The number of carbonyl (C=O) groups excluding carboxylic acids is 1. The Bertz CT molecular complexity index is 1170. The second kappa shape index (κ2) is 10.2. The Kier molecular flexibility index (Phi) is 7.06. The summed E-state index contributed by atoms with van der Waals surface area (Å²) < 4.78 is 7.36. The van der Waals surface area contributed by atoms with Gasteiger partial charge in [-0.2, -0.15) is 10.4 Å². The van der Waals surface area contributed by atoms with Crippen LogP contribution in [0.2, 0.25) is 0 Å². The maximum absolute atomic E-state index is 12.9. The average Bonchev–Trinajstić information content (AvgIpc) is 3.25. The van der Waals surface area contributed by atoms with Crippen molar-refractivity contribution in [2.75, 3.05) is 18.5 Å². The van der Waals surface area contributed by atoms with E-state index in [1.54, 1.807) is 23.1 Å². The standard InChI is InChI=1S/C26H29N5O3/c1-18-3-6-21(7-4-18)31-19(2)23(16-29-31)25(33)30-20-5-8-24(28-15-20)26(17-27)11-9-22(10-12-26)34-14-13-32/h3-8,15-16,22,32H,9-14H2,1-2H3,(H,30,33). The molecule has 1 amide bonds. The highest BCUT2D eigenvalue weighted by Crippen LogP contribution is 2.39. The first-order valence-corrected chi connectivity index (χ1v) is 11.5. The van der Waals surface area contributed by atoms with Crippen LogP contribution in [-0.2, 0) is 10.2 Å². The highest BCUT2D eigenvalue weighted by atomic mass is 16.5. The lowest BCUT2D eigenvalue weighted by molar-refractivity contribution is 0.000476. The van der Waals surface area contributed by atoms with E-state index in [2.05, 4.69) is 21.5 Å². The van der Waals surface area contributed by atoms with Crippen LogP contribution in [0.15, 0.2) is 48.8 Å². The third kappa shape index (κ3) is 4.86. The highest BCUT2D eigenvalue weighted by molar-refractivity contribution is 6.04. The first kappa shape index (κ1) is 23.6. The largest absolute Gasteiger partial charge is 0.394 e. The number of rotatable bonds is 7. The molecular weight excluding hydrogens is 430 g/mol. The number of aryl methyl sites for hydroxylation is 1. The maximum atomic E-state index is 12.9. The fraction of sp³-hybridized carbons (Fsp3) is 0.385. The molecule has 0 saturated heterocycles. The number of nitriles is 1. The zero-order valence-electron chi connectivity index (χ0n) is 19.5. The monoisotopic (exact) mass is 459 g/mol. The average molecular weight is 460 g/mol. The second-order valence-corrected chi connectivity index (χ2v) is 8.76. The summed E-state index contributed by atoms with van der Waals surface area (Å²) in [5, 5.41) is 26.1. The third-order valence-electron chi connectivity index (χ3n) is 6.49. The molecule has 2 N–H and O–H groups in total. The normalized spacial score (nSPS) is 20.0. The Morgan fingerprint density at radius 1 is 1.21 bits per heavy atom. The zero-order valence-corrected chi connectivity index (χ0v) is 19.5. The van der Waals surface area contributed by atoms with Gasteiger partial charge in [0.25, 0.3) is 5.91 Å². The molecule has 0 atom stereocenters. The number of nitrogens with one attached hydrogen (secondary N) is 1. The van der Waals surface area contributed by atoms with Gasteiger partial charge in [-0.3, -0.25) is 9.78 Å². The number of ether oxygens (including phenoxy) is 1. The molecule has 1 aliphatic carbocycles. The number of aromatic nitrogens is 3. The van der Waals surface area contributed by atoms with Crippen molar-refractivity contribution in [2.24, 2.45) is 0 Å². The summed E-state index contributed by atoms with van der Waals surface area (Å²) in [5.41, 5.74) is 3.89. The van der Waals surface area contributed by atoms with E-state index in [1.165, 1.54) is 0 Å². The van der Waals surface area contributed by atoms with Gasteiger partial charge in [-0.15, -0.1) is 0 Å². The van der Waals surface area contributed by atoms with E-state index in [0.717, 1.165) is 29.8 Å². The number of amides is 1. The fourth-order valence-corrected chi connectivity index (χ4v) is 4.42. The summed E-state index contributed by atoms with van der Waals surface area (Å²) in [4.78, 5) is 17.4. The van der Waals surface area contributed by atoms with Crippen LogP contribution in [-0.4, -0.2) is 45.1 Å². The molecule has 1 fully saturated rings. The minimum Gasteiger partial charge on any atom is -0.394 e. The van der Waals surface area contributed by atoms with Gasteiger partial charge in [0.2, 0.25) is 0 Å². The van der Waals surface area contributed by atoms with Crippen LogP contribution < -0.4 is 5.32 Å². The summed E-state index contributed by atoms with van der Waals surface area (Å²) in [7, 11) is 0. The summed E-state index contributed by atoms with van der Waals surface area (Å²) in [6.45, 7) is 4.20. The van der Waals surface area contributed by atoms with Crippen LogP contribution >= 0.6 is 0 Å². The van der Waals surface area contributed by atoms with Crippen LogP contribution in [0.5, 0.6) is 0 Å². The number of hydrogen-bond donors (Lipinski definition) is 2. The minimum atomic E-state index is -0.659. The van der Waals surface area contributed by atoms with E-state index in [1.807, 2.05) is 44.2 Å². The Labute approximate surface area is 199 Å². The van der Waals surface area contributed by atoms with Crippen molar-refractivity contribution in [1.82, 2.24) is 14.8 Å². The quantitative estimate of drug-likeness (QED) is 0.555. The van der Waals surface area contributed by atoms with Gasteiger partial charge < -0.3 is 15.2 Å². The predicted molar refractivity (Wildman–Crippen MR) is 128 cm³/mol. The van der Waals surface area contributed by atoms with Gasteiger partial charge in [0.1, 0.15) is 0 Å². The van der Waals surface area contributed by atoms with Gasteiger partial charge in [-0.25, -0.2) is 4.68 Å².